The normalized spacial score (nSPS) is 13.2. The Morgan fingerprint density at radius 3 is 2.17 bits per heavy atom. The molecule has 1 N–H and O–H groups in total. The van der Waals surface area contributed by atoms with Gasteiger partial charge in [-0.25, -0.2) is 4.79 Å². The van der Waals surface area contributed by atoms with Crippen molar-refractivity contribution >= 4 is 20.0 Å². The second kappa shape index (κ2) is 6.18. The van der Waals surface area contributed by atoms with Crippen molar-refractivity contribution in [2.45, 2.75) is 52.8 Å². The quantitative estimate of drug-likeness (QED) is 0.360. The summed E-state index contributed by atoms with van der Waals surface area (Å²) in [5.74, 6) is -0.315. The van der Waals surface area contributed by atoms with Crippen LogP contribution in [0.2, 0.25) is 18.1 Å². The Hall–Kier alpha value is -1.10. The number of hydrogen-bond donors (Lipinski definition) is 1. The molecule has 5 heteroatoms. The lowest BCUT2D eigenvalue weighted by Crippen LogP contribution is -2.42. The van der Waals surface area contributed by atoms with Crippen molar-refractivity contribution in [3.05, 3.63) is 11.8 Å². The van der Waals surface area contributed by atoms with Crippen LogP contribution in [0.5, 0.6) is 0 Å². The Morgan fingerprint density at radius 2 is 1.83 bits per heavy atom. The zero-order valence-corrected chi connectivity index (χ0v) is 13.5. The molecule has 0 radical (unpaired) electrons. The summed E-state index contributed by atoms with van der Waals surface area (Å²) < 4.78 is 10.8. The number of rotatable bonds is 5. The molecule has 4 nitrogen and oxygen atoms in total. The summed E-state index contributed by atoms with van der Waals surface area (Å²) in [5, 5.41) is 7.82. The van der Waals surface area contributed by atoms with Crippen LogP contribution in [-0.4, -0.2) is 26.6 Å². The van der Waals surface area contributed by atoms with Crippen LogP contribution in [0.4, 0.5) is 0 Å². The van der Waals surface area contributed by atoms with Gasteiger partial charge in [0.05, 0.1) is 6.61 Å². The number of nitrogens with one attached hydrogen (secondary N) is 1. The fourth-order valence-corrected chi connectivity index (χ4v) is 2.06. The first kappa shape index (κ1) is 16.9. The van der Waals surface area contributed by atoms with E-state index in [9.17, 15) is 4.79 Å². The van der Waals surface area contributed by atoms with E-state index in [1.807, 2.05) is 0 Å². The summed E-state index contributed by atoms with van der Waals surface area (Å²) in [7, 11) is -2.04. The maximum absolute atomic E-state index is 11.5. The Balaban J connectivity index is 4.95. The third-order valence-corrected chi connectivity index (χ3v) is 7.50. The van der Waals surface area contributed by atoms with Crippen LogP contribution in [-0.2, 0) is 14.0 Å². The van der Waals surface area contributed by atoms with Gasteiger partial charge in [-0.15, -0.1) is 0 Å². The highest BCUT2D eigenvalue weighted by Gasteiger charge is 2.40. The average Bonchev–Trinajstić information content (AvgIpc) is 2.23. The van der Waals surface area contributed by atoms with Crippen molar-refractivity contribution in [3.8, 4) is 0 Å². The first-order chi connectivity index (χ1) is 8.06. The van der Waals surface area contributed by atoms with Crippen molar-refractivity contribution < 1.29 is 14.0 Å². The van der Waals surface area contributed by atoms with E-state index in [1.165, 1.54) is 0 Å². The minimum Gasteiger partial charge on any atom is -0.542 e. The summed E-state index contributed by atoms with van der Waals surface area (Å²) in [6.45, 7) is 14.2. The van der Waals surface area contributed by atoms with Crippen LogP contribution in [0.3, 0.4) is 0 Å². The van der Waals surface area contributed by atoms with Gasteiger partial charge >= 0.3 is 5.97 Å². The Labute approximate surface area is 111 Å². The Bertz CT molecular complexity index is 354. The SMILES string of the molecule is C/C=C(\O[Si](C)(C)C(C)(C)C)C(=N)C(=O)OCC. The zero-order valence-electron chi connectivity index (χ0n) is 12.5. The smallest absolute Gasteiger partial charge is 0.360 e. The van der Waals surface area contributed by atoms with Crippen LogP contribution in [0.1, 0.15) is 34.6 Å². The van der Waals surface area contributed by atoms with E-state index in [0.29, 0.717) is 5.76 Å². The molecular formula is C13H25NO3Si. The molecule has 0 spiro atoms. The molecule has 0 aliphatic carbocycles. The van der Waals surface area contributed by atoms with Crippen molar-refractivity contribution in [2.24, 2.45) is 0 Å². The van der Waals surface area contributed by atoms with Gasteiger partial charge < -0.3 is 9.16 Å². The summed E-state index contributed by atoms with van der Waals surface area (Å²) in [4.78, 5) is 11.5. The Morgan fingerprint density at radius 1 is 1.33 bits per heavy atom. The number of carbonyl (C=O) groups is 1. The number of carbonyl (C=O) groups excluding carboxylic acids is 1. The van der Waals surface area contributed by atoms with Gasteiger partial charge in [-0.3, -0.25) is 5.41 Å². The van der Waals surface area contributed by atoms with E-state index >= 15 is 0 Å². The highest BCUT2D eigenvalue weighted by atomic mass is 28.4. The van der Waals surface area contributed by atoms with Gasteiger partial charge in [-0.2, -0.15) is 0 Å². The number of esters is 1. The number of ether oxygens (including phenoxy) is 1. The van der Waals surface area contributed by atoms with E-state index in [4.69, 9.17) is 14.6 Å². The minimum absolute atomic E-state index is 0.0240. The first-order valence-electron chi connectivity index (χ1n) is 6.18. The van der Waals surface area contributed by atoms with E-state index in [1.54, 1.807) is 19.9 Å². The predicted molar refractivity (Wildman–Crippen MR) is 76.4 cm³/mol. The second-order valence-corrected chi connectivity index (χ2v) is 10.3. The lowest BCUT2D eigenvalue weighted by atomic mass is 10.2. The van der Waals surface area contributed by atoms with Gasteiger partial charge in [-0.1, -0.05) is 20.8 Å². The fourth-order valence-electron chi connectivity index (χ4n) is 0.986. The fraction of sp³-hybridized carbons (Fsp3) is 0.692. The molecule has 0 saturated carbocycles. The van der Waals surface area contributed by atoms with Crippen molar-refractivity contribution in [1.82, 2.24) is 0 Å². The highest BCUT2D eigenvalue weighted by molar-refractivity contribution is 6.74. The molecular weight excluding hydrogens is 246 g/mol. The van der Waals surface area contributed by atoms with Crippen LogP contribution in [0.25, 0.3) is 0 Å². The largest absolute Gasteiger partial charge is 0.542 e. The summed E-state index contributed by atoms with van der Waals surface area (Å²) >= 11 is 0. The molecule has 0 aliphatic heterocycles. The molecule has 0 heterocycles. The maximum Gasteiger partial charge on any atom is 0.360 e. The molecule has 0 rings (SSSR count). The van der Waals surface area contributed by atoms with Crippen molar-refractivity contribution in [2.75, 3.05) is 6.61 Å². The van der Waals surface area contributed by atoms with Gasteiger partial charge in [-0.05, 0) is 38.1 Å². The van der Waals surface area contributed by atoms with E-state index in [0.717, 1.165) is 0 Å². The first-order valence-corrected chi connectivity index (χ1v) is 9.09. The van der Waals surface area contributed by atoms with Crippen LogP contribution >= 0.6 is 0 Å². The molecule has 104 valence electrons. The molecule has 0 atom stereocenters. The lowest BCUT2D eigenvalue weighted by Gasteiger charge is -2.37. The van der Waals surface area contributed by atoms with Gasteiger partial charge in [0.15, 0.2) is 5.71 Å². The third kappa shape index (κ3) is 4.29. The number of hydrogen-bond acceptors (Lipinski definition) is 4. The highest BCUT2D eigenvalue weighted by Crippen LogP contribution is 2.38. The summed E-state index contributed by atoms with van der Waals surface area (Å²) in [6.07, 6.45) is 1.65. The minimum atomic E-state index is -2.04. The molecule has 0 aromatic rings. The second-order valence-electron chi connectivity index (χ2n) is 5.61. The molecule has 0 aromatic heterocycles. The van der Waals surface area contributed by atoms with E-state index < -0.39 is 14.3 Å². The summed E-state index contributed by atoms with van der Waals surface area (Å²) in [6, 6.07) is 0. The summed E-state index contributed by atoms with van der Waals surface area (Å²) in [5.41, 5.74) is -0.204. The molecule has 0 saturated heterocycles. The van der Waals surface area contributed by atoms with Crippen LogP contribution in [0.15, 0.2) is 11.8 Å². The molecule has 18 heavy (non-hydrogen) atoms. The molecule has 0 unspecified atom stereocenters. The van der Waals surface area contributed by atoms with Gasteiger partial charge in [0.2, 0.25) is 0 Å². The standard InChI is InChI=1S/C13H25NO3Si/c1-8-10(11(14)12(15)16-9-2)17-18(6,7)13(3,4)5/h8,14H,9H2,1-7H3/b10-8-,14-11?. The van der Waals surface area contributed by atoms with Crippen LogP contribution < -0.4 is 0 Å². The van der Waals surface area contributed by atoms with Crippen molar-refractivity contribution in [1.29, 1.82) is 5.41 Å². The van der Waals surface area contributed by atoms with E-state index in [-0.39, 0.29) is 17.4 Å². The molecule has 0 amide bonds. The average molecular weight is 271 g/mol. The van der Waals surface area contributed by atoms with Crippen molar-refractivity contribution in [3.63, 3.8) is 0 Å². The van der Waals surface area contributed by atoms with Gasteiger partial charge in [0, 0.05) is 0 Å². The molecule has 0 aromatic carbocycles. The molecule has 0 aliphatic rings. The third-order valence-electron chi connectivity index (χ3n) is 3.16. The number of allylic oxidation sites excluding steroid dienone is 1. The predicted octanol–water partition coefficient (Wildman–Crippen LogP) is 3.49. The maximum atomic E-state index is 11.5. The van der Waals surface area contributed by atoms with E-state index in [2.05, 4.69) is 33.9 Å². The van der Waals surface area contributed by atoms with Gasteiger partial charge in [0.1, 0.15) is 5.76 Å². The topological polar surface area (TPSA) is 59.4 Å². The Kier molecular flexibility index (Phi) is 5.80. The lowest BCUT2D eigenvalue weighted by molar-refractivity contribution is -0.135. The molecule has 0 fully saturated rings. The monoisotopic (exact) mass is 271 g/mol. The van der Waals surface area contributed by atoms with Gasteiger partial charge in [0.25, 0.3) is 8.32 Å². The molecule has 0 bridgehead atoms. The van der Waals surface area contributed by atoms with Crippen LogP contribution in [0, 0.1) is 5.41 Å². The zero-order chi connectivity index (χ0) is 14.6.